The topological polar surface area (TPSA) is 17.1 Å². The lowest BCUT2D eigenvalue weighted by Gasteiger charge is -1.86. The fourth-order valence-electron chi connectivity index (χ4n) is 0.385. The van der Waals surface area contributed by atoms with E-state index in [0.717, 1.165) is 12.8 Å². The minimum Gasteiger partial charge on any atom is -0.288 e. The summed E-state index contributed by atoms with van der Waals surface area (Å²) in [6.07, 6.45) is 4.42. The molecule has 2 heteroatoms. The van der Waals surface area contributed by atoms with Crippen molar-refractivity contribution in [3.63, 3.8) is 0 Å². The van der Waals surface area contributed by atoms with E-state index in [1.807, 2.05) is 28.7 Å². The zero-order chi connectivity index (χ0) is 6.41. The molecule has 0 amide bonds. The second-order valence-corrected chi connectivity index (χ2v) is 2.74. The van der Waals surface area contributed by atoms with Gasteiger partial charge < -0.3 is 0 Å². The standard InChI is InChI=1S/C6H9IO/c1-2-3-4-5-6(7)8/h2H,1,3-5H2. The Morgan fingerprint density at radius 1 is 1.75 bits per heavy atom. The van der Waals surface area contributed by atoms with Crippen LogP contribution in [0, 0.1) is 0 Å². The molecule has 0 saturated heterocycles. The van der Waals surface area contributed by atoms with Gasteiger partial charge in [-0.05, 0) is 35.4 Å². The Kier molecular flexibility index (Phi) is 5.37. The molecule has 0 spiro atoms. The fraction of sp³-hybridized carbons (Fsp3) is 0.500. The van der Waals surface area contributed by atoms with Crippen LogP contribution in [-0.2, 0) is 4.79 Å². The molecule has 0 aromatic rings. The van der Waals surface area contributed by atoms with Crippen molar-refractivity contribution in [2.45, 2.75) is 19.3 Å². The average Bonchev–Trinajstić information content (AvgIpc) is 1.66. The van der Waals surface area contributed by atoms with Crippen molar-refractivity contribution in [1.29, 1.82) is 0 Å². The Hall–Kier alpha value is 0.140. The minimum atomic E-state index is 0.240. The van der Waals surface area contributed by atoms with Gasteiger partial charge in [-0.3, -0.25) is 4.79 Å². The first-order chi connectivity index (χ1) is 3.77. The lowest BCUT2D eigenvalue weighted by atomic mass is 10.2. The first-order valence-corrected chi connectivity index (χ1v) is 3.64. The van der Waals surface area contributed by atoms with Gasteiger partial charge in [-0.15, -0.1) is 6.58 Å². The third kappa shape index (κ3) is 6.14. The number of rotatable bonds is 4. The maximum atomic E-state index is 10.3. The minimum absolute atomic E-state index is 0.240. The number of halogens is 1. The van der Waals surface area contributed by atoms with Crippen LogP contribution in [0.4, 0.5) is 0 Å². The molecule has 0 fully saturated rings. The molecule has 0 aromatic carbocycles. The van der Waals surface area contributed by atoms with Gasteiger partial charge in [0.2, 0.25) is 0 Å². The van der Waals surface area contributed by atoms with Crippen LogP contribution in [0.1, 0.15) is 19.3 Å². The predicted octanol–water partition coefficient (Wildman–Crippen LogP) is 2.30. The molecule has 0 aliphatic heterocycles. The number of carbonyl (C=O) groups is 1. The Labute approximate surface area is 63.3 Å². The van der Waals surface area contributed by atoms with Gasteiger partial charge in [-0.25, -0.2) is 0 Å². The zero-order valence-corrected chi connectivity index (χ0v) is 6.85. The molecule has 0 aromatic heterocycles. The van der Waals surface area contributed by atoms with Crippen LogP contribution in [0.2, 0.25) is 0 Å². The van der Waals surface area contributed by atoms with E-state index in [4.69, 9.17) is 0 Å². The van der Waals surface area contributed by atoms with Crippen LogP contribution >= 0.6 is 22.6 Å². The van der Waals surface area contributed by atoms with Gasteiger partial charge >= 0.3 is 0 Å². The first kappa shape index (κ1) is 8.14. The quantitative estimate of drug-likeness (QED) is 0.310. The van der Waals surface area contributed by atoms with Gasteiger partial charge in [0.25, 0.3) is 0 Å². The van der Waals surface area contributed by atoms with Crippen molar-refractivity contribution in [2.75, 3.05) is 0 Å². The van der Waals surface area contributed by atoms with Gasteiger partial charge in [0, 0.05) is 6.42 Å². The van der Waals surface area contributed by atoms with E-state index in [-0.39, 0.29) is 3.79 Å². The molecular formula is C6H9IO. The molecule has 8 heavy (non-hydrogen) atoms. The molecule has 0 N–H and O–H groups in total. The number of hydrogen-bond acceptors (Lipinski definition) is 1. The number of allylic oxidation sites excluding steroid dienone is 1. The van der Waals surface area contributed by atoms with Crippen molar-refractivity contribution in [1.82, 2.24) is 0 Å². The first-order valence-electron chi connectivity index (χ1n) is 2.56. The monoisotopic (exact) mass is 224 g/mol. The van der Waals surface area contributed by atoms with E-state index < -0.39 is 0 Å². The van der Waals surface area contributed by atoms with Crippen LogP contribution in [0.25, 0.3) is 0 Å². The van der Waals surface area contributed by atoms with E-state index in [0.29, 0.717) is 6.42 Å². The molecule has 0 radical (unpaired) electrons. The van der Waals surface area contributed by atoms with Gasteiger partial charge in [0.05, 0.1) is 0 Å². The van der Waals surface area contributed by atoms with Crippen molar-refractivity contribution in [2.24, 2.45) is 0 Å². The molecule has 0 atom stereocenters. The fourth-order valence-corrected chi connectivity index (χ4v) is 0.767. The second kappa shape index (κ2) is 5.28. The molecule has 0 heterocycles. The van der Waals surface area contributed by atoms with Gasteiger partial charge in [-0.2, -0.15) is 0 Å². The summed E-state index contributed by atoms with van der Waals surface area (Å²) >= 11 is 1.81. The number of hydrogen-bond donors (Lipinski definition) is 0. The molecule has 0 bridgehead atoms. The highest BCUT2D eigenvalue weighted by Crippen LogP contribution is 2.00. The lowest BCUT2D eigenvalue weighted by molar-refractivity contribution is -0.109. The summed E-state index contributed by atoms with van der Waals surface area (Å²) in [7, 11) is 0. The maximum absolute atomic E-state index is 10.3. The summed E-state index contributed by atoms with van der Waals surface area (Å²) in [6.45, 7) is 3.54. The number of carbonyl (C=O) groups excluding carboxylic acids is 1. The van der Waals surface area contributed by atoms with E-state index in [9.17, 15) is 4.79 Å². The highest BCUT2D eigenvalue weighted by Gasteiger charge is 1.90. The van der Waals surface area contributed by atoms with E-state index in [2.05, 4.69) is 6.58 Å². The van der Waals surface area contributed by atoms with Crippen LogP contribution in [0.5, 0.6) is 0 Å². The molecular weight excluding hydrogens is 215 g/mol. The largest absolute Gasteiger partial charge is 0.288 e. The van der Waals surface area contributed by atoms with Gasteiger partial charge in [0.15, 0.2) is 3.79 Å². The van der Waals surface area contributed by atoms with Crippen molar-refractivity contribution >= 4 is 26.4 Å². The lowest BCUT2D eigenvalue weighted by Crippen LogP contribution is -1.82. The Morgan fingerprint density at radius 3 is 2.75 bits per heavy atom. The number of unbranched alkanes of at least 4 members (excludes halogenated alkanes) is 1. The summed E-state index contributed by atoms with van der Waals surface area (Å²) < 4.78 is 0.240. The van der Waals surface area contributed by atoms with Crippen LogP contribution in [-0.4, -0.2) is 3.79 Å². The van der Waals surface area contributed by atoms with Gasteiger partial charge in [0.1, 0.15) is 0 Å². The molecule has 1 nitrogen and oxygen atoms in total. The maximum Gasteiger partial charge on any atom is 0.192 e. The van der Waals surface area contributed by atoms with Crippen LogP contribution < -0.4 is 0 Å². The SMILES string of the molecule is C=CCCCC(=O)I. The highest BCUT2D eigenvalue weighted by atomic mass is 127. The second-order valence-electron chi connectivity index (χ2n) is 1.54. The highest BCUT2D eigenvalue weighted by molar-refractivity contribution is 14.1. The van der Waals surface area contributed by atoms with Crippen molar-refractivity contribution < 1.29 is 4.79 Å². The third-order valence-corrected chi connectivity index (χ3v) is 1.32. The van der Waals surface area contributed by atoms with Crippen LogP contribution in [0.15, 0.2) is 12.7 Å². The summed E-state index contributed by atoms with van der Waals surface area (Å²) in [5.41, 5.74) is 0. The van der Waals surface area contributed by atoms with E-state index in [1.54, 1.807) is 0 Å². The summed E-state index contributed by atoms with van der Waals surface area (Å²) in [6, 6.07) is 0. The van der Waals surface area contributed by atoms with Crippen LogP contribution in [0.3, 0.4) is 0 Å². The predicted molar refractivity (Wildman–Crippen MR) is 43.1 cm³/mol. The average molecular weight is 224 g/mol. The molecule has 0 rings (SSSR count). The Bertz CT molecular complexity index is 88.5. The van der Waals surface area contributed by atoms with Crippen molar-refractivity contribution in [3.8, 4) is 0 Å². The Morgan fingerprint density at radius 2 is 2.38 bits per heavy atom. The summed E-state index contributed by atoms with van der Waals surface area (Å²) in [4.78, 5) is 10.3. The summed E-state index contributed by atoms with van der Waals surface area (Å²) in [5.74, 6) is 0. The molecule has 46 valence electrons. The van der Waals surface area contributed by atoms with E-state index in [1.165, 1.54) is 0 Å². The molecule has 0 aliphatic rings. The molecule has 0 saturated carbocycles. The smallest absolute Gasteiger partial charge is 0.192 e. The normalized spacial score (nSPS) is 8.62. The molecule has 0 unspecified atom stereocenters. The Balaban J connectivity index is 2.93. The molecule has 0 aliphatic carbocycles. The summed E-state index contributed by atoms with van der Waals surface area (Å²) in [5, 5.41) is 0. The van der Waals surface area contributed by atoms with Crippen molar-refractivity contribution in [3.05, 3.63) is 12.7 Å². The van der Waals surface area contributed by atoms with E-state index >= 15 is 0 Å². The zero-order valence-electron chi connectivity index (χ0n) is 4.69. The third-order valence-electron chi connectivity index (χ3n) is 0.782. The van der Waals surface area contributed by atoms with Gasteiger partial charge in [-0.1, -0.05) is 6.08 Å².